The molecule has 3 aromatic rings. The van der Waals surface area contributed by atoms with Crippen molar-refractivity contribution in [3.63, 3.8) is 0 Å². The predicted molar refractivity (Wildman–Crippen MR) is 136 cm³/mol. The molecule has 1 atom stereocenters. The van der Waals surface area contributed by atoms with Gasteiger partial charge in [-0.05, 0) is 72.2 Å². The molecule has 182 valence electrons. The van der Waals surface area contributed by atoms with E-state index in [4.69, 9.17) is 14.2 Å². The van der Waals surface area contributed by atoms with Gasteiger partial charge in [0.15, 0.2) is 16.9 Å². The fourth-order valence-electron chi connectivity index (χ4n) is 4.52. The lowest BCUT2D eigenvalue weighted by atomic mass is 9.96. The zero-order chi connectivity index (χ0) is 25.1. The summed E-state index contributed by atoms with van der Waals surface area (Å²) in [6.45, 7) is 0. The summed E-state index contributed by atoms with van der Waals surface area (Å²) in [5.41, 5.74) is 3.48. The van der Waals surface area contributed by atoms with Crippen LogP contribution >= 0.6 is 11.8 Å². The van der Waals surface area contributed by atoms with Gasteiger partial charge >= 0.3 is 0 Å². The number of hydrogen-bond donors (Lipinski definition) is 2. The number of benzene rings is 2. The maximum atomic E-state index is 13.1. The molecular weight excluding hydrogens is 466 g/mol. The average molecular weight is 494 g/mol. The maximum Gasteiger partial charge on any atom is 0.251 e. The Kier molecular flexibility index (Phi) is 7.21. The van der Waals surface area contributed by atoms with Crippen molar-refractivity contribution in [2.45, 2.75) is 23.8 Å². The number of carbonyl (C=O) groups is 1. The van der Waals surface area contributed by atoms with Gasteiger partial charge < -0.3 is 24.6 Å². The van der Waals surface area contributed by atoms with Crippen LogP contribution < -0.4 is 25.0 Å². The molecule has 0 aliphatic heterocycles. The number of fused-ring (bicyclic) bond motifs is 3. The molecule has 2 N–H and O–H groups in total. The molecule has 0 saturated heterocycles. The lowest BCUT2D eigenvalue weighted by Gasteiger charge is -2.19. The Balaban J connectivity index is 1.92. The van der Waals surface area contributed by atoms with Crippen LogP contribution in [0.4, 0.5) is 0 Å². The fourth-order valence-corrected chi connectivity index (χ4v) is 4.98. The minimum absolute atomic E-state index is 0.00750. The number of hydrogen-bond acceptors (Lipinski definition) is 7. The molecule has 35 heavy (non-hydrogen) atoms. The molecule has 1 amide bonds. The van der Waals surface area contributed by atoms with Crippen LogP contribution in [0.1, 0.15) is 33.9 Å². The summed E-state index contributed by atoms with van der Waals surface area (Å²) in [6.07, 6.45) is 2.94. The summed E-state index contributed by atoms with van der Waals surface area (Å²) >= 11 is 1.37. The Morgan fingerprint density at radius 1 is 1.00 bits per heavy atom. The Bertz CT molecular complexity index is 1340. The van der Waals surface area contributed by atoms with Crippen molar-refractivity contribution in [1.29, 1.82) is 0 Å². The van der Waals surface area contributed by atoms with Crippen molar-refractivity contribution in [3.05, 3.63) is 75.4 Å². The fraction of sp³-hybridized carbons (Fsp3) is 0.259. The standard InChI is InChI=1S/C27H27NO6S/c1-32-23-14-19-17-9-11-24(35-4)22(30)13-20(17)21(10-8-18(19)25(33-2)26(23)34-3)28-27(31)15-6-5-7-16(29)12-15/h5-7,9,11-14,21,29H,8,10H2,1-4H3,(H,28,31)/t21-/m0/s1. The zero-order valence-corrected chi connectivity index (χ0v) is 20.8. The summed E-state index contributed by atoms with van der Waals surface area (Å²) in [5.74, 6) is 1.23. The first kappa shape index (κ1) is 24.5. The van der Waals surface area contributed by atoms with Crippen molar-refractivity contribution < 1.29 is 24.1 Å². The van der Waals surface area contributed by atoms with Gasteiger partial charge in [0.25, 0.3) is 5.91 Å². The minimum atomic E-state index is -0.455. The van der Waals surface area contributed by atoms with Crippen molar-refractivity contribution in [2.24, 2.45) is 0 Å². The second-order valence-electron chi connectivity index (χ2n) is 8.07. The Morgan fingerprint density at radius 2 is 1.77 bits per heavy atom. The number of methoxy groups -OCH3 is 3. The third-order valence-electron chi connectivity index (χ3n) is 6.16. The Labute approximate surface area is 208 Å². The van der Waals surface area contributed by atoms with Crippen LogP contribution in [0.5, 0.6) is 23.0 Å². The number of amides is 1. The molecule has 7 nitrogen and oxygen atoms in total. The molecule has 0 radical (unpaired) electrons. The first-order valence-electron chi connectivity index (χ1n) is 11.1. The number of phenolic OH excluding ortho intramolecular Hbond substituents is 1. The quantitative estimate of drug-likeness (QED) is 0.485. The number of thioether (sulfide) groups is 1. The highest BCUT2D eigenvalue weighted by Gasteiger charge is 2.29. The second kappa shape index (κ2) is 10.3. The van der Waals surface area contributed by atoms with Gasteiger partial charge in [-0.3, -0.25) is 9.59 Å². The number of phenols is 1. The summed E-state index contributed by atoms with van der Waals surface area (Å²) in [5, 5.41) is 12.9. The lowest BCUT2D eigenvalue weighted by Crippen LogP contribution is -2.29. The van der Waals surface area contributed by atoms with Gasteiger partial charge in [0, 0.05) is 11.1 Å². The van der Waals surface area contributed by atoms with Crippen LogP contribution in [0.15, 0.2) is 58.2 Å². The smallest absolute Gasteiger partial charge is 0.251 e. The van der Waals surface area contributed by atoms with Crippen LogP contribution in [0.2, 0.25) is 0 Å². The molecule has 0 heterocycles. The van der Waals surface area contributed by atoms with Gasteiger partial charge in [-0.25, -0.2) is 0 Å². The van der Waals surface area contributed by atoms with Crippen LogP contribution in [0, 0.1) is 0 Å². The molecular formula is C27H27NO6S. The van der Waals surface area contributed by atoms with E-state index in [0.29, 0.717) is 46.1 Å². The molecule has 0 fully saturated rings. The third-order valence-corrected chi connectivity index (χ3v) is 6.93. The molecule has 0 spiro atoms. The Hall–Kier alpha value is -3.65. The van der Waals surface area contributed by atoms with Crippen LogP contribution in [-0.2, 0) is 6.42 Å². The molecule has 0 bridgehead atoms. The molecule has 3 aromatic carbocycles. The third kappa shape index (κ3) is 4.66. The molecule has 1 aliphatic carbocycles. The van der Waals surface area contributed by atoms with E-state index in [9.17, 15) is 14.7 Å². The van der Waals surface area contributed by atoms with E-state index in [-0.39, 0.29) is 17.1 Å². The molecule has 8 heteroatoms. The highest BCUT2D eigenvalue weighted by Crippen LogP contribution is 2.49. The number of ether oxygens (including phenoxy) is 3. The van der Waals surface area contributed by atoms with E-state index >= 15 is 0 Å². The van der Waals surface area contributed by atoms with Crippen LogP contribution in [0.25, 0.3) is 11.1 Å². The lowest BCUT2D eigenvalue weighted by molar-refractivity contribution is 0.0934. The van der Waals surface area contributed by atoms with E-state index in [0.717, 1.165) is 16.7 Å². The van der Waals surface area contributed by atoms with E-state index in [1.54, 1.807) is 45.6 Å². The normalized spacial score (nSPS) is 14.2. The second-order valence-corrected chi connectivity index (χ2v) is 8.91. The van der Waals surface area contributed by atoms with Crippen molar-refractivity contribution in [2.75, 3.05) is 27.6 Å². The summed E-state index contributed by atoms with van der Waals surface area (Å²) in [7, 11) is 4.70. The molecule has 4 rings (SSSR count). The van der Waals surface area contributed by atoms with E-state index in [2.05, 4.69) is 5.32 Å². The van der Waals surface area contributed by atoms with Crippen molar-refractivity contribution in [1.82, 2.24) is 5.32 Å². The molecule has 0 aromatic heterocycles. The summed E-state index contributed by atoms with van der Waals surface area (Å²) < 4.78 is 16.9. The first-order chi connectivity index (χ1) is 16.9. The topological polar surface area (TPSA) is 94.1 Å². The van der Waals surface area contributed by atoms with Crippen LogP contribution in [0.3, 0.4) is 0 Å². The average Bonchev–Trinajstić information content (AvgIpc) is 3.11. The first-order valence-corrected chi connectivity index (χ1v) is 12.3. The summed E-state index contributed by atoms with van der Waals surface area (Å²) in [6, 6.07) is 12.9. The van der Waals surface area contributed by atoms with Crippen LogP contribution in [-0.4, -0.2) is 38.6 Å². The predicted octanol–water partition coefficient (Wildman–Crippen LogP) is 4.58. The highest BCUT2D eigenvalue weighted by atomic mass is 32.2. The number of nitrogens with one attached hydrogen (secondary N) is 1. The van der Waals surface area contributed by atoms with Crippen molar-refractivity contribution >= 4 is 17.7 Å². The molecule has 0 saturated carbocycles. The van der Waals surface area contributed by atoms with Gasteiger partial charge in [-0.2, -0.15) is 0 Å². The largest absolute Gasteiger partial charge is 0.508 e. The van der Waals surface area contributed by atoms with Gasteiger partial charge in [0.05, 0.1) is 32.3 Å². The molecule has 1 aliphatic rings. The summed E-state index contributed by atoms with van der Waals surface area (Å²) in [4.78, 5) is 26.7. The van der Waals surface area contributed by atoms with E-state index < -0.39 is 6.04 Å². The SMILES string of the molecule is COc1cc2c(c(OC)c1OC)CC[C@H](NC(=O)c1cccc(O)c1)c1cc(=O)c(SC)ccc1-2. The van der Waals surface area contributed by atoms with E-state index in [1.807, 2.05) is 18.4 Å². The van der Waals surface area contributed by atoms with Gasteiger partial charge in [-0.1, -0.05) is 12.1 Å². The number of carbonyl (C=O) groups excluding carboxylic acids is 1. The molecule has 0 unspecified atom stereocenters. The maximum absolute atomic E-state index is 13.1. The van der Waals surface area contributed by atoms with E-state index in [1.165, 1.54) is 23.9 Å². The van der Waals surface area contributed by atoms with Gasteiger partial charge in [0.1, 0.15) is 5.75 Å². The number of rotatable bonds is 6. The monoisotopic (exact) mass is 493 g/mol. The Morgan fingerprint density at radius 3 is 2.43 bits per heavy atom. The van der Waals surface area contributed by atoms with Gasteiger partial charge in [0.2, 0.25) is 5.75 Å². The highest BCUT2D eigenvalue weighted by molar-refractivity contribution is 7.98. The van der Waals surface area contributed by atoms with Crippen molar-refractivity contribution in [3.8, 4) is 34.1 Å². The van der Waals surface area contributed by atoms with Gasteiger partial charge in [-0.15, -0.1) is 11.8 Å². The zero-order valence-electron chi connectivity index (χ0n) is 20.0. The minimum Gasteiger partial charge on any atom is -0.508 e. The number of aromatic hydroxyl groups is 1.